The fraction of sp³-hybridized carbons (Fsp3) is 0.192. The molecule has 2 atom stereocenters. The minimum absolute atomic E-state index is 0.00824. The van der Waals surface area contributed by atoms with Crippen LogP contribution >= 0.6 is 0 Å². The van der Waals surface area contributed by atoms with E-state index in [1.54, 1.807) is 36.5 Å². The van der Waals surface area contributed by atoms with E-state index in [0.717, 1.165) is 0 Å². The van der Waals surface area contributed by atoms with Gasteiger partial charge in [-0.25, -0.2) is 8.78 Å². The van der Waals surface area contributed by atoms with Gasteiger partial charge < -0.3 is 15.5 Å². The number of aliphatic hydroxyl groups is 2. The van der Waals surface area contributed by atoms with E-state index in [4.69, 9.17) is 0 Å². The first-order valence-corrected chi connectivity index (χ1v) is 11.0. The molecule has 0 unspecified atom stereocenters. The molecule has 1 amide bonds. The predicted octanol–water partition coefficient (Wildman–Crippen LogP) is 3.50. The third-order valence-corrected chi connectivity index (χ3v) is 5.53. The van der Waals surface area contributed by atoms with Crippen LogP contribution in [0.2, 0.25) is 0 Å². The standard InChI is InChI=1S/C26H24F2N4O3/c27-17-9-7-16(8-10-17)23-14-24(32-31-23)25-21(5-3-6-22(25)28)26(35)30-19(13-20(34)15-33)12-18-4-1-2-11-29-18/h1-11,14,19-20,33-34H,12-13,15H2,(H,30,35)(H,31,32)/t19-,20-/m0/s1. The summed E-state index contributed by atoms with van der Waals surface area (Å²) in [6.07, 6.45) is 0.976. The number of pyridine rings is 1. The molecule has 7 nitrogen and oxygen atoms in total. The summed E-state index contributed by atoms with van der Waals surface area (Å²) in [5.41, 5.74) is 2.16. The number of aliphatic hydroxyl groups excluding tert-OH is 2. The highest BCUT2D eigenvalue weighted by molar-refractivity contribution is 6.01. The number of hydrogen-bond acceptors (Lipinski definition) is 5. The molecular formula is C26H24F2N4O3. The van der Waals surface area contributed by atoms with Crippen LogP contribution in [0.25, 0.3) is 22.5 Å². The maximum absolute atomic E-state index is 14.9. The average molecular weight is 478 g/mol. The highest BCUT2D eigenvalue weighted by atomic mass is 19.1. The van der Waals surface area contributed by atoms with E-state index in [0.29, 0.717) is 23.4 Å². The van der Waals surface area contributed by atoms with Crippen molar-refractivity contribution >= 4 is 5.91 Å². The van der Waals surface area contributed by atoms with E-state index in [-0.39, 0.29) is 29.1 Å². The van der Waals surface area contributed by atoms with E-state index < -0.39 is 30.5 Å². The van der Waals surface area contributed by atoms with Gasteiger partial charge in [-0.1, -0.05) is 12.1 Å². The minimum Gasteiger partial charge on any atom is -0.394 e. The molecule has 0 spiro atoms. The Hall–Kier alpha value is -3.95. The fourth-order valence-electron chi connectivity index (χ4n) is 3.83. The van der Waals surface area contributed by atoms with Crippen molar-refractivity contribution in [1.82, 2.24) is 20.5 Å². The molecule has 0 bridgehead atoms. The van der Waals surface area contributed by atoms with E-state index in [1.807, 2.05) is 6.07 Å². The van der Waals surface area contributed by atoms with Crippen LogP contribution in [0, 0.1) is 11.6 Å². The Kier molecular flexibility index (Phi) is 7.59. The Balaban J connectivity index is 1.61. The second kappa shape index (κ2) is 11.0. The first-order chi connectivity index (χ1) is 16.9. The zero-order valence-corrected chi connectivity index (χ0v) is 18.7. The zero-order valence-electron chi connectivity index (χ0n) is 18.7. The number of aromatic nitrogens is 3. The maximum atomic E-state index is 14.9. The van der Waals surface area contributed by atoms with Crippen molar-refractivity contribution in [2.75, 3.05) is 6.61 Å². The van der Waals surface area contributed by atoms with Gasteiger partial charge in [0.25, 0.3) is 5.91 Å². The van der Waals surface area contributed by atoms with Crippen molar-refractivity contribution < 1.29 is 23.8 Å². The highest BCUT2D eigenvalue weighted by Gasteiger charge is 2.23. The summed E-state index contributed by atoms with van der Waals surface area (Å²) in [5.74, 6) is -1.57. The van der Waals surface area contributed by atoms with E-state index in [9.17, 15) is 23.8 Å². The van der Waals surface area contributed by atoms with Gasteiger partial charge in [0.05, 0.1) is 35.2 Å². The van der Waals surface area contributed by atoms with Crippen LogP contribution in [0.4, 0.5) is 8.78 Å². The molecule has 0 saturated heterocycles. The normalized spacial score (nSPS) is 12.8. The van der Waals surface area contributed by atoms with Gasteiger partial charge in [-0.15, -0.1) is 0 Å². The number of carbonyl (C=O) groups is 1. The lowest BCUT2D eigenvalue weighted by atomic mass is 9.99. The molecular weight excluding hydrogens is 454 g/mol. The van der Waals surface area contributed by atoms with Gasteiger partial charge in [0.15, 0.2) is 0 Å². The molecule has 4 N–H and O–H groups in total. The molecule has 2 aromatic heterocycles. The third-order valence-electron chi connectivity index (χ3n) is 5.53. The maximum Gasteiger partial charge on any atom is 0.252 e. The third kappa shape index (κ3) is 5.95. The summed E-state index contributed by atoms with van der Waals surface area (Å²) in [7, 11) is 0. The number of hydrogen-bond donors (Lipinski definition) is 4. The smallest absolute Gasteiger partial charge is 0.252 e. The van der Waals surface area contributed by atoms with Crippen molar-refractivity contribution in [3.05, 3.63) is 95.8 Å². The first-order valence-electron chi connectivity index (χ1n) is 11.0. The average Bonchev–Trinajstić information content (AvgIpc) is 3.34. The fourth-order valence-corrected chi connectivity index (χ4v) is 3.83. The van der Waals surface area contributed by atoms with Crippen molar-refractivity contribution in [2.45, 2.75) is 25.0 Å². The van der Waals surface area contributed by atoms with Crippen LogP contribution in [0.15, 0.2) is 72.9 Å². The Labute approximate surface area is 200 Å². The van der Waals surface area contributed by atoms with Gasteiger partial charge in [-0.3, -0.25) is 14.9 Å². The van der Waals surface area contributed by atoms with Crippen molar-refractivity contribution in [3.63, 3.8) is 0 Å². The van der Waals surface area contributed by atoms with Crippen LogP contribution in [0.1, 0.15) is 22.5 Å². The van der Waals surface area contributed by atoms with Crippen molar-refractivity contribution in [3.8, 4) is 22.5 Å². The molecule has 0 saturated carbocycles. The lowest BCUT2D eigenvalue weighted by Crippen LogP contribution is -2.40. The van der Waals surface area contributed by atoms with E-state index in [1.165, 1.54) is 30.3 Å². The molecule has 2 heterocycles. The molecule has 4 rings (SSSR count). The van der Waals surface area contributed by atoms with E-state index >= 15 is 0 Å². The largest absolute Gasteiger partial charge is 0.394 e. The van der Waals surface area contributed by atoms with Crippen LogP contribution in [-0.4, -0.2) is 50.1 Å². The zero-order chi connectivity index (χ0) is 24.8. The summed E-state index contributed by atoms with van der Waals surface area (Å²) in [6, 6.07) is 16.3. The van der Waals surface area contributed by atoms with Gasteiger partial charge >= 0.3 is 0 Å². The van der Waals surface area contributed by atoms with Crippen LogP contribution < -0.4 is 5.32 Å². The Morgan fingerprint density at radius 1 is 1.06 bits per heavy atom. The SMILES string of the molecule is O=C(N[C@@H](Cc1ccccn1)C[C@H](O)CO)c1cccc(F)c1-c1cc(-c2ccc(F)cc2)[nH]n1. The molecule has 0 aliphatic rings. The Morgan fingerprint density at radius 3 is 2.57 bits per heavy atom. The monoisotopic (exact) mass is 478 g/mol. The second-order valence-electron chi connectivity index (χ2n) is 8.10. The Morgan fingerprint density at radius 2 is 1.86 bits per heavy atom. The summed E-state index contributed by atoms with van der Waals surface area (Å²) >= 11 is 0. The van der Waals surface area contributed by atoms with E-state index in [2.05, 4.69) is 20.5 Å². The number of rotatable bonds is 9. The molecule has 180 valence electrons. The quantitative estimate of drug-likeness (QED) is 0.294. The lowest BCUT2D eigenvalue weighted by molar-refractivity contribution is 0.0740. The number of amides is 1. The molecule has 35 heavy (non-hydrogen) atoms. The van der Waals surface area contributed by atoms with Crippen LogP contribution in [0.3, 0.4) is 0 Å². The van der Waals surface area contributed by atoms with Crippen molar-refractivity contribution in [1.29, 1.82) is 0 Å². The summed E-state index contributed by atoms with van der Waals surface area (Å²) < 4.78 is 28.2. The number of halogens is 2. The number of nitrogens with one attached hydrogen (secondary N) is 2. The predicted molar refractivity (Wildman–Crippen MR) is 126 cm³/mol. The second-order valence-corrected chi connectivity index (χ2v) is 8.10. The number of nitrogens with zero attached hydrogens (tertiary/aromatic N) is 2. The van der Waals surface area contributed by atoms with Gasteiger partial charge in [-0.2, -0.15) is 5.10 Å². The first kappa shape index (κ1) is 24.2. The summed E-state index contributed by atoms with van der Waals surface area (Å²) in [6.45, 7) is -0.459. The van der Waals surface area contributed by atoms with Crippen LogP contribution in [-0.2, 0) is 6.42 Å². The van der Waals surface area contributed by atoms with Crippen molar-refractivity contribution in [2.24, 2.45) is 0 Å². The molecule has 0 fully saturated rings. The Bertz CT molecular complexity index is 1280. The lowest BCUT2D eigenvalue weighted by Gasteiger charge is -2.21. The number of benzene rings is 2. The number of aromatic amines is 1. The summed E-state index contributed by atoms with van der Waals surface area (Å²) in [5, 5.41) is 29.1. The van der Waals surface area contributed by atoms with Gasteiger partial charge in [-0.05, 0) is 66.6 Å². The highest BCUT2D eigenvalue weighted by Crippen LogP contribution is 2.29. The van der Waals surface area contributed by atoms with Gasteiger partial charge in [0, 0.05) is 24.4 Å². The molecule has 0 radical (unpaired) electrons. The molecule has 0 aliphatic heterocycles. The minimum atomic E-state index is -1.04. The topological polar surface area (TPSA) is 111 Å². The van der Waals surface area contributed by atoms with Gasteiger partial charge in [0.2, 0.25) is 0 Å². The van der Waals surface area contributed by atoms with Crippen LogP contribution in [0.5, 0.6) is 0 Å². The molecule has 4 aromatic rings. The number of carbonyl (C=O) groups excluding carboxylic acids is 1. The van der Waals surface area contributed by atoms with Gasteiger partial charge in [0.1, 0.15) is 11.6 Å². The molecule has 2 aromatic carbocycles. The molecule has 9 heteroatoms. The molecule has 0 aliphatic carbocycles. The number of H-pyrrole nitrogens is 1. The summed E-state index contributed by atoms with van der Waals surface area (Å²) in [4.78, 5) is 17.5.